The van der Waals surface area contributed by atoms with E-state index >= 15 is 0 Å². The molecular formula is C23H23N3O3. The fraction of sp³-hybridized carbons (Fsp3) is 0.174. The summed E-state index contributed by atoms with van der Waals surface area (Å²) in [7, 11) is 1.32. The Balaban J connectivity index is 1.68. The predicted octanol–water partition coefficient (Wildman–Crippen LogP) is 4.99. The summed E-state index contributed by atoms with van der Waals surface area (Å²) in [5, 5.41) is 6.06. The third-order valence-electron chi connectivity index (χ3n) is 4.42. The van der Waals surface area contributed by atoms with Crippen LogP contribution in [0.4, 0.5) is 17.1 Å². The lowest BCUT2D eigenvalue weighted by Gasteiger charge is -2.10. The van der Waals surface area contributed by atoms with Gasteiger partial charge in [-0.15, -0.1) is 0 Å². The van der Waals surface area contributed by atoms with E-state index in [9.17, 15) is 9.59 Å². The topological polar surface area (TPSA) is 80.3 Å². The smallest absolute Gasteiger partial charge is 0.337 e. The van der Waals surface area contributed by atoms with Gasteiger partial charge in [0.05, 0.1) is 12.7 Å². The Hall–Kier alpha value is -3.67. The van der Waals surface area contributed by atoms with E-state index < -0.39 is 5.97 Å². The normalized spacial score (nSPS) is 10.5. The zero-order valence-corrected chi connectivity index (χ0v) is 16.6. The van der Waals surface area contributed by atoms with Crippen molar-refractivity contribution in [3.05, 3.63) is 83.7 Å². The van der Waals surface area contributed by atoms with Gasteiger partial charge in [0.1, 0.15) is 5.69 Å². The molecule has 1 heterocycles. The van der Waals surface area contributed by atoms with Crippen LogP contribution in [0.15, 0.2) is 66.9 Å². The number of nitrogens with zero attached hydrogens (tertiary/aromatic N) is 1. The van der Waals surface area contributed by atoms with Gasteiger partial charge >= 0.3 is 5.97 Å². The Morgan fingerprint density at radius 2 is 1.55 bits per heavy atom. The summed E-state index contributed by atoms with van der Waals surface area (Å²) in [5.74, 6) is -0.290. The monoisotopic (exact) mass is 389 g/mol. The first-order chi connectivity index (χ1) is 14.0. The van der Waals surface area contributed by atoms with E-state index in [2.05, 4.69) is 46.3 Å². The minimum Gasteiger partial charge on any atom is -0.465 e. The quantitative estimate of drug-likeness (QED) is 0.581. The van der Waals surface area contributed by atoms with Crippen LogP contribution in [0.2, 0.25) is 0 Å². The van der Waals surface area contributed by atoms with Crippen molar-refractivity contribution in [1.29, 1.82) is 0 Å². The first kappa shape index (κ1) is 20.1. The Morgan fingerprint density at radius 3 is 2.17 bits per heavy atom. The number of nitrogens with one attached hydrogen (secondary N) is 2. The maximum atomic E-state index is 12.5. The highest BCUT2D eigenvalue weighted by Gasteiger charge is 2.10. The summed E-state index contributed by atoms with van der Waals surface area (Å²) in [6, 6.07) is 18.1. The van der Waals surface area contributed by atoms with Crippen LogP contribution in [-0.2, 0) is 4.74 Å². The number of hydrogen-bond donors (Lipinski definition) is 2. The molecule has 2 N–H and O–H groups in total. The van der Waals surface area contributed by atoms with E-state index in [-0.39, 0.29) is 11.6 Å². The number of benzene rings is 2. The van der Waals surface area contributed by atoms with Gasteiger partial charge in [0.25, 0.3) is 5.91 Å². The molecule has 3 rings (SSSR count). The van der Waals surface area contributed by atoms with Gasteiger partial charge < -0.3 is 15.4 Å². The molecule has 2 aromatic carbocycles. The second-order valence-electron chi connectivity index (χ2n) is 6.85. The maximum Gasteiger partial charge on any atom is 0.337 e. The summed E-state index contributed by atoms with van der Waals surface area (Å²) < 4.78 is 4.66. The highest BCUT2D eigenvalue weighted by atomic mass is 16.5. The molecular weight excluding hydrogens is 366 g/mol. The van der Waals surface area contributed by atoms with Crippen LogP contribution in [-0.4, -0.2) is 24.0 Å². The van der Waals surface area contributed by atoms with Crippen molar-refractivity contribution in [1.82, 2.24) is 4.98 Å². The molecule has 0 aliphatic heterocycles. The lowest BCUT2D eigenvalue weighted by atomic mass is 10.0. The summed E-state index contributed by atoms with van der Waals surface area (Å²) >= 11 is 0. The van der Waals surface area contributed by atoms with Gasteiger partial charge in [-0.25, -0.2) is 4.79 Å². The van der Waals surface area contributed by atoms with Crippen molar-refractivity contribution in [3.63, 3.8) is 0 Å². The van der Waals surface area contributed by atoms with Crippen LogP contribution in [0.5, 0.6) is 0 Å². The molecule has 0 radical (unpaired) electrons. The highest BCUT2D eigenvalue weighted by molar-refractivity contribution is 6.03. The third kappa shape index (κ3) is 5.19. The molecule has 29 heavy (non-hydrogen) atoms. The van der Waals surface area contributed by atoms with Crippen LogP contribution in [0.3, 0.4) is 0 Å². The molecule has 0 bridgehead atoms. The molecule has 0 saturated carbocycles. The number of pyridine rings is 1. The number of ether oxygens (including phenoxy) is 1. The van der Waals surface area contributed by atoms with E-state index in [4.69, 9.17) is 0 Å². The van der Waals surface area contributed by atoms with E-state index in [1.54, 1.807) is 42.6 Å². The number of anilines is 3. The first-order valence-electron chi connectivity index (χ1n) is 9.29. The number of esters is 1. The Kier molecular flexibility index (Phi) is 6.24. The lowest BCUT2D eigenvalue weighted by molar-refractivity contribution is 0.0600. The number of rotatable bonds is 6. The molecule has 3 aromatic rings. The first-order valence-corrected chi connectivity index (χ1v) is 9.29. The highest BCUT2D eigenvalue weighted by Crippen LogP contribution is 2.21. The minimum absolute atomic E-state index is 0.283. The molecule has 1 amide bonds. The molecule has 0 fully saturated rings. The summed E-state index contributed by atoms with van der Waals surface area (Å²) in [6.45, 7) is 4.30. The molecule has 0 aliphatic rings. The van der Waals surface area contributed by atoms with Crippen LogP contribution in [0.25, 0.3) is 0 Å². The lowest BCUT2D eigenvalue weighted by Crippen LogP contribution is -2.14. The predicted molar refractivity (Wildman–Crippen MR) is 114 cm³/mol. The van der Waals surface area contributed by atoms with Gasteiger partial charge in [0.15, 0.2) is 0 Å². The fourth-order valence-electron chi connectivity index (χ4n) is 2.75. The zero-order chi connectivity index (χ0) is 20.8. The Bertz CT molecular complexity index is 997. The van der Waals surface area contributed by atoms with Crippen molar-refractivity contribution in [2.24, 2.45) is 0 Å². The number of methoxy groups -OCH3 is 1. The third-order valence-corrected chi connectivity index (χ3v) is 4.42. The Labute approximate surface area is 169 Å². The number of amides is 1. The van der Waals surface area contributed by atoms with E-state index in [0.717, 1.165) is 11.4 Å². The molecule has 0 unspecified atom stereocenters. The number of aromatic nitrogens is 1. The second kappa shape index (κ2) is 9.01. The van der Waals surface area contributed by atoms with Gasteiger partial charge in [-0.05, 0) is 60.0 Å². The molecule has 6 nitrogen and oxygen atoms in total. The standard InChI is InChI=1S/C23H23N3O3/c1-15(2)16-4-8-18(9-5-16)25-20-12-13-24-21(14-20)22(27)26-19-10-6-17(7-11-19)23(28)29-3/h4-15H,1-3H3,(H,24,25)(H,26,27). The maximum absolute atomic E-state index is 12.5. The van der Waals surface area contributed by atoms with E-state index in [1.807, 2.05) is 12.1 Å². The molecule has 1 aromatic heterocycles. The van der Waals surface area contributed by atoms with E-state index in [0.29, 0.717) is 17.2 Å². The molecule has 0 atom stereocenters. The number of hydrogen-bond acceptors (Lipinski definition) is 5. The fourth-order valence-corrected chi connectivity index (χ4v) is 2.75. The minimum atomic E-state index is -0.426. The largest absolute Gasteiger partial charge is 0.465 e. The average Bonchev–Trinajstić information content (AvgIpc) is 2.74. The van der Waals surface area contributed by atoms with Gasteiger partial charge in [-0.1, -0.05) is 26.0 Å². The molecule has 6 heteroatoms. The van der Waals surface area contributed by atoms with Crippen LogP contribution >= 0.6 is 0 Å². The summed E-state index contributed by atoms with van der Waals surface area (Å²) in [5.41, 5.74) is 4.23. The van der Waals surface area contributed by atoms with Crippen molar-refractivity contribution < 1.29 is 14.3 Å². The van der Waals surface area contributed by atoms with Gasteiger partial charge in [0.2, 0.25) is 0 Å². The van der Waals surface area contributed by atoms with Crippen LogP contribution in [0, 0.1) is 0 Å². The SMILES string of the molecule is COC(=O)c1ccc(NC(=O)c2cc(Nc3ccc(C(C)C)cc3)ccn2)cc1. The number of carbonyl (C=O) groups is 2. The van der Waals surface area contributed by atoms with Crippen molar-refractivity contribution in [2.45, 2.75) is 19.8 Å². The van der Waals surface area contributed by atoms with Gasteiger partial charge in [-0.2, -0.15) is 0 Å². The van der Waals surface area contributed by atoms with Crippen molar-refractivity contribution in [2.75, 3.05) is 17.7 Å². The summed E-state index contributed by atoms with van der Waals surface area (Å²) in [4.78, 5) is 28.1. The zero-order valence-electron chi connectivity index (χ0n) is 16.6. The van der Waals surface area contributed by atoms with Crippen molar-refractivity contribution in [3.8, 4) is 0 Å². The molecule has 148 valence electrons. The summed E-state index contributed by atoms with van der Waals surface area (Å²) in [6.07, 6.45) is 1.58. The van der Waals surface area contributed by atoms with Gasteiger partial charge in [-0.3, -0.25) is 9.78 Å². The van der Waals surface area contributed by atoms with Crippen LogP contribution in [0.1, 0.15) is 46.2 Å². The average molecular weight is 389 g/mol. The molecule has 0 spiro atoms. The Morgan fingerprint density at radius 1 is 0.897 bits per heavy atom. The van der Waals surface area contributed by atoms with E-state index in [1.165, 1.54) is 12.7 Å². The second-order valence-corrected chi connectivity index (χ2v) is 6.85. The number of carbonyl (C=O) groups excluding carboxylic acids is 2. The molecule has 0 saturated heterocycles. The van der Waals surface area contributed by atoms with Crippen LogP contribution < -0.4 is 10.6 Å². The van der Waals surface area contributed by atoms with Gasteiger partial charge in [0, 0.05) is 23.3 Å². The van der Waals surface area contributed by atoms with Crippen molar-refractivity contribution >= 4 is 28.9 Å². The molecule has 0 aliphatic carbocycles.